The van der Waals surface area contributed by atoms with Gasteiger partial charge in [0.1, 0.15) is 11.6 Å². The lowest BCUT2D eigenvalue weighted by Gasteiger charge is -2.32. The number of amides is 1. The van der Waals surface area contributed by atoms with Crippen LogP contribution in [0.15, 0.2) is 18.2 Å². The maximum absolute atomic E-state index is 10.9. The van der Waals surface area contributed by atoms with Crippen LogP contribution in [0.5, 0.6) is 0 Å². The van der Waals surface area contributed by atoms with E-state index >= 15 is 0 Å². The van der Waals surface area contributed by atoms with Gasteiger partial charge in [-0.25, -0.2) is 10.8 Å². The molecule has 1 aliphatic rings. The number of piperidine rings is 1. The SMILES string of the molecule is CC(=O)NCC1CCN(c2cccc(NN)n2)CC1. The quantitative estimate of drug-likeness (QED) is 0.551. The molecule has 4 N–H and O–H groups in total. The molecule has 2 rings (SSSR count). The molecule has 104 valence electrons. The minimum absolute atomic E-state index is 0.0471. The topological polar surface area (TPSA) is 83.3 Å². The van der Waals surface area contributed by atoms with Crippen LogP contribution in [0.25, 0.3) is 0 Å². The van der Waals surface area contributed by atoms with Gasteiger partial charge in [0, 0.05) is 26.6 Å². The molecule has 0 saturated carbocycles. The van der Waals surface area contributed by atoms with Gasteiger partial charge in [0.05, 0.1) is 0 Å². The summed E-state index contributed by atoms with van der Waals surface area (Å²) in [5, 5.41) is 2.89. The summed E-state index contributed by atoms with van der Waals surface area (Å²) >= 11 is 0. The van der Waals surface area contributed by atoms with E-state index in [4.69, 9.17) is 5.84 Å². The Labute approximate surface area is 113 Å². The van der Waals surface area contributed by atoms with Crippen molar-refractivity contribution in [3.8, 4) is 0 Å². The molecule has 1 aromatic heterocycles. The summed E-state index contributed by atoms with van der Waals surface area (Å²) < 4.78 is 0. The zero-order valence-electron chi connectivity index (χ0n) is 11.2. The number of carbonyl (C=O) groups excluding carboxylic acids is 1. The highest BCUT2D eigenvalue weighted by Gasteiger charge is 2.20. The molecule has 2 heterocycles. The number of nitrogens with two attached hydrogens (primary N) is 1. The summed E-state index contributed by atoms with van der Waals surface area (Å²) in [5.74, 6) is 7.61. The highest BCUT2D eigenvalue weighted by molar-refractivity contribution is 5.72. The van der Waals surface area contributed by atoms with E-state index in [9.17, 15) is 4.79 Å². The highest BCUT2D eigenvalue weighted by Crippen LogP contribution is 2.22. The van der Waals surface area contributed by atoms with Crippen molar-refractivity contribution in [2.75, 3.05) is 30.0 Å². The van der Waals surface area contributed by atoms with Crippen molar-refractivity contribution < 1.29 is 4.79 Å². The Bertz CT molecular complexity index is 429. The number of pyridine rings is 1. The molecule has 1 aromatic rings. The number of hydrogen-bond donors (Lipinski definition) is 3. The molecule has 6 nitrogen and oxygen atoms in total. The first-order valence-electron chi connectivity index (χ1n) is 6.62. The predicted octanol–water partition coefficient (Wildman–Crippen LogP) is 0.720. The third-order valence-corrected chi connectivity index (χ3v) is 3.46. The van der Waals surface area contributed by atoms with Gasteiger partial charge in [0.25, 0.3) is 0 Å². The first kappa shape index (κ1) is 13.6. The summed E-state index contributed by atoms with van der Waals surface area (Å²) in [4.78, 5) is 17.6. The fraction of sp³-hybridized carbons (Fsp3) is 0.538. The summed E-state index contributed by atoms with van der Waals surface area (Å²) in [6.07, 6.45) is 2.14. The van der Waals surface area contributed by atoms with E-state index in [0.717, 1.165) is 38.3 Å². The second-order valence-electron chi connectivity index (χ2n) is 4.89. The van der Waals surface area contributed by atoms with Crippen molar-refractivity contribution in [3.63, 3.8) is 0 Å². The minimum atomic E-state index is 0.0471. The first-order valence-corrected chi connectivity index (χ1v) is 6.62. The van der Waals surface area contributed by atoms with Gasteiger partial charge in [-0.05, 0) is 30.9 Å². The van der Waals surface area contributed by atoms with Gasteiger partial charge in [-0.1, -0.05) is 6.07 Å². The van der Waals surface area contributed by atoms with Gasteiger partial charge in [-0.2, -0.15) is 0 Å². The van der Waals surface area contributed by atoms with Crippen LogP contribution in [0.2, 0.25) is 0 Å². The second-order valence-corrected chi connectivity index (χ2v) is 4.89. The fourth-order valence-electron chi connectivity index (χ4n) is 2.33. The van der Waals surface area contributed by atoms with E-state index in [2.05, 4.69) is 20.6 Å². The molecule has 6 heteroatoms. The van der Waals surface area contributed by atoms with Crippen LogP contribution in [0.4, 0.5) is 11.6 Å². The number of rotatable bonds is 4. The van der Waals surface area contributed by atoms with E-state index in [-0.39, 0.29) is 5.91 Å². The van der Waals surface area contributed by atoms with E-state index < -0.39 is 0 Å². The highest BCUT2D eigenvalue weighted by atomic mass is 16.1. The Morgan fingerprint density at radius 3 is 2.84 bits per heavy atom. The standard InChI is InChI=1S/C13H21N5O/c1-10(19)15-9-11-5-7-18(8-6-11)13-4-2-3-12(16-13)17-14/h2-4,11H,5-9,14H2,1H3,(H,15,19)(H,16,17). The first-order chi connectivity index (χ1) is 9.19. The van der Waals surface area contributed by atoms with Crippen LogP contribution < -0.4 is 21.5 Å². The molecule has 0 spiro atoms. The largest absolute Gasteiger partial charge is 0.357 e. The number of hydrogen-bond acceptors (Lipinski definition) is 5. The Kier molecular flexibility index (Phi) is 4.57. The Morgan fingerprint density at radius 2 is 2.21 bits per heavy atom. The molecule has 0 atom stereocenters. The van der Waals surface area contributed by atoms with Crippen molar-refractivity contribution in [1.29, 1.82) is 0 Å². The second kappa shape index (κ2) is 6.38. The van der Waals surface area contributed by atoms with Gasteiger partial charge in [-0.15, -0.1) is 0 Å². The summed E-state index contributed by atoms with van der Waals surface area (Å²) in [5.41, 5.74) is 2.56. The fourth-order valence-corrected chi connectivity index (χ4v) is 2.33. The van der Waals surface area contributed by atoms with Gasteiger partial charge >= 0.3 is 0 Å². The number of carbonyl (C=O) groups is 1. The molecule has 0 aromatic carbocycles. The number of hydrazine groups is 1. The molecule has 1 aliphatic heterocycles. The van der Waals surface area contributed by atoms with E-state index in [1.54, 1.807) is 6.92 Å². The third kappa shape index (κ3) is 3.82. The molecule has 0 bridgehead atoms. The normalized spacial score (nSPS) is 16.2. The number of anilines is 2. The van der Waals surface area contributed by atoms with Crippen LogP contribution in [-0.2, 0) is 4.79 Å². The molecular weight excluding hydrogens is 242 g/mol. The van der Waals surface area contributed by atoms with Crippen molar-refractivity contribution in [1.82, 2.24) is 10.3 Å². The van der Waals surface area contributed by atoms with E-state index in [1.165, 1.54) is 0 Å². The van der Waals surface area contributed by atoms with E-state index in [1.807, 2.05) is 18.2 Å². The molecule has 1 amide bonds. The molecule has 1 saturated heterocycles. The molecule has 19 heavy (non-hydrogen) atoms. The van der Waals surface area contributed by atoms with Crippen LogP contribution in [-0.4, -0.2) is 30.5 Å². The van der Waals surface area contributed by atoms with Gasteiger partial charge in [0.2, 0.25) is 5.91 Å². The average Bonchev–Trinajstić information content (AvgIpc) is 2.45. The van der Waals surface area contributed by atoms with Crippen LogP contribution in [0, 0.1) is 5.92 Å². The van der Waals surface area contributed by atoms with Crippen molar-refractivity contribution >= 4 is 17.5 Å². The van der Waals surface area contributed by atoms with Crippen molar-refractivity contribution in [3.05, 3.63) is 18.2 Å². The van der Waals surface area contributed by atoms with Crippen molar-refractivity contribution in [2.24, 2.45) is 11.8 Å². The number of nitrogens with one attached hydrogen (secondary N) is 2. The lowest BCUT2D eigenvalue weighted by Crippen LogP contribution is -2.38. The number of nitrogens with zero attached hydrogens (tertiary/aromatic N) is 2. The Balaban J connectivity index is 1.87. The van der Waals surface area contributed by atoms with Crippen LogP contribution >= 0.6 is 0 Å². The van der Waals surface area contributed by atoms with Crippen LogP contribution in [0.1, 0.15) is 19.8 Å². The zero-order valence-corrected chi connectivity index (χ0v) is 11.2. The zero-order chi connectivity index (χ0) is 13.7. The summed E-state index contributed by atoms with van der Waals surface area (Å²) in [7, 11) is 0. The molecule has 0 unspecified atom stereocenters. The molecular formula is C13H21N5O. The molecule has 1 fully saturated rings. The maximum atomic E-state index is 10.9. The summed E-state index contributed by atoms with van der Waals surface area (Å²) in [6, 6.07) is 5.78. The van der Waals surface area contributed by atoms with Gasteiger partial charge in [-0.3, -0.25) is 4.79 Å². The van der Waals surface area contributed by atoms with Crippen LogP contribution in [0.3, 0.4) is 0 Å². The summed E-state index contributed by atoms with van der Waals surface area (Å²) in [6.45, 7) is 4.27. The molecule has 0 radical (unpaired) electrons. The molecule has 0 aliphatic carbocycles. The van der Waals surface area contributed by atoms with Gasteiger partial charge < -0.3 is 15.6 Å². The number of aromatic nitrogens is 1. The van der Waals surface area contributed by atoms with Crippen molar-refractivity contribution in [2.45, 2.75) is 19.8 Å². The lowest BCUT2D eigenvalue weighted by atomic mass is 9.97. The predicted molar refractivity (Wildman–Crippen MR) is 75.7 cm³/mol. The lowest BCUT2D eigenvalue weighted by molar-refractivity contribution is -0.119. The Morgan fingerprint density at radius 1 is 1.47 bits per heavy atom. The van der Waals surface area contributed by atoms with E-state index in [0.29, 0.717) is 11.7 Å². The Hall–Kier alpha value is -1.82. The number of nitrogen functional groups attached to an aromatic ring is 1. The monoisotopic (exact) mass is 263 g/mol. The third-order valence-electron chi connectivity index (χ3n) is 3.46. The maximum Gasteiger partial charge on any atom is 0.216 e. The smallest absolute Gasteiger partial charge is 0.216 e. The minimum Gasteiger partial charge on any atom is -0.357 e. The average molecular weight is 263 g/mol. The van der Waals surface area contributed by atoms with Gasteiger partial charge in [0.15, 0.2) is 0 Å².